The molecule has 1 saturated heterocycles. The minimum absolute atomic E-state index is 0.623. The molecule has 158 valence electrons. The summed E-state index contributed by atoms with van der Waals surface area (Å²) in [7, 11) is 1.64. The van der Waals surface area contributed by atoms with Gasteiger partial charge in [-0.05, 0) is 80.8 Å². The first kappa shape index (κ1) is 21.9. The number of thiocarbonyl (C=S) groups is 1. The summed E-state index contributed by atoms with van der Waals surface area (Å²) in [5.41, 5.74) is 0.763. The molecule has 1 fully saturated rings. The van der Waals surface area contributed by atoms with Crippen LogP contribution in [0.4, 0.5) is 5.69 Å². The van der Waals surface area contributed by atoms with Crippen molar-refractivity contribution in [2.75, 3.05) is 38.6 Å². The number of rotatable bonds is 8. The molecule has 1 atom stereocenters. The second kappa shape index (κ2) is 10.9. The van der Waals surface area contributed by atoms with Gasteiger partial charge in [0.25, 0.3) is 0 Å². The Hall–Kier alpha value is -1.76. The van der Waals surface area contributed by atoms with Crippen LogP contribution in [0.2, 0.25) is 5.02 Å². The number of methoxy groups -OCH3 is 1. The smallest absolute Gasteiger partial charge is 0.173 e. The molecule has 1 aliphatic rings. The van der Waals surface area contributed by atoms with Crippen molar-refractivity contribution in [2.24, 2.45) is 5.92 Å². The molecule has 1 aromatic heterocycles. The zero-order valence-electron chi connectivity index (χ0n) is 17.2. The zero-order chi connectivity index (χ0) is 20.6. The molecule has 0 radical (unpaired) electrons. The van der Waals surface area contributed by atoms with Crippen molar-refractivity contribution in [1.29, 1.82) is 0 Å². The fraction of sp³-hybridized carbons (Fsp3) is 0.500. The number of anilines is 1. The lowest BCUT2D eigenvalue weighted by molar-refractivity contribution is 0.177. The van der Waals surface area contributed by atoms with E-state index in [2.05, 4.69) is 22.0 Å². The Bertz CT molecular complexity index is 784. The van der Waals surface area contributed by atoms with Crippen LogP contribution in [0.25, 0.3) is 0 Å². The molecule has 0 aliphatic carbocycles. The third-order valence-corrected chi connectivity index (χ3v) is 5.86. The SMILES string of the molecule is COc1ccc(Cl)cc1NC(=S)N(CCCN1CCC[C@H](C)C1)Cc1ccco1. The van der Waals surface area contributed by atoms with E-state index in [9.17, 15) is 0 Å². The van der Waals surface area contributed by atoms with Gasteiger partial charge >= 0.3 is 0 Å². The third-order valence-electron chi connectivity index (χ3n) is 5.26. The number of benzene rings is 1. The van der Waals surface area contributed by atoms with E-state index >= 15 is 0 Å². The maximum atomic E-state index is 6.16. The Morgan fingerprint density at radius 1 is 1.41 bits per heavy atom. The number of hydrogen-bond acceptors (Lipinski definition) is 4. The van der Waals surface area contributed by atoms with E-state index in [-0.39, 0.29) is 0 Å². The average Bonchev–Trinajstić information content (AvgIpc) is 3.20. The normalized spacial score (nSPS) is 17.1. The van der Waals surface area contributed by atoms with Crippen molar-refractivity contribution in [3.05, 3.63) is 47.4 Å². The van der Waals surface area contributed by atoms with Gasteiger partial charge in [-0.15, -0.1) is 0 Å². The molecule has 0 saturated carbocycles. The molecule has 0 bridgehead atoms. The molecule has 1 N–H and O–H groups in total. The second-order valence-corrected chi connectivity index (χ2v) is 8.50. The fourth-order valence-electron chi connectivity index (χ4n) is 3.79. The maximum Gasteiger partial charge on any atom is 0.173 e. The van der Waals surface area contributed by atoms with E-state index in [1.165, 1.54) is 25.9 Å². The fourth-order valence-corrected chi connectivity index (χ4v) is 4.23. The van der Waals surface area contributed by atoms with Crippen LogP contribution in [0.3, 0.4) is 0 Å². The number of nitrogens with one attached hydrogen (secondary N) is 1. The highest BCUT2D eigenvalue weighted by atomic mass is 35.5. The second-order valence-electron chi connectivity index (χ2n) is 7.68. The van der Waals surface area contributed by atoms with Crippen LogP contribution in [0.5, 0.6) is 5.75 Å². The number of piperidine rings is 1. The molecule has 3 rings (SSSR count). The van der Waals surface area contributed by atoms with E-state index in [1.807, 2.05) is 24.3 Å². The van der Waals surface area contributed by atoms with Crippen molar-refractivity contribution in [3.8, 4) is 5.75 Å². The summed E-state index contributed by atoms with van der Waals surface area (Å²) in [6.07, 6.45) is 5.38. The maximum absolute atomic E-state index is 6.16. The molecule has 5 nitrogen and oxygen atoms in total. The number of furan rings is 1. The van der Waals surface area contributed by atoms with Crippen LogP contribution in [0.1, 0.15) is 31.9 Å². The van der Waals surface area contributed by atoms with Crippen LogP contribution in [0.15, 0.2) is 41.0 Å². The molecule has 0 amide bonds. The van der Waals surface area contributed by atoms with Gasteiger partial charge in [-0.3, -0.25) is 0 Å². The number of hydrogen-bond donors (Lipinski definition) is 1. The summed E-state index contributed by atoms with van der Waals surface area (Å²) < 4.78 is 11.0. The predicted octanol–water partition coefficient (Wildman–Crippen LogP) is 5.26. The van der Waals surface area contributed by atoms with E-state index in [0.29, 0.717) is 22.4 Å². The zero-order valence-corrected chi connectivity index (χ0v) is 18.8. The van der Waals surface area contributed by atoms with Crippen LogP contribution in [0, 0.1) is 5.92 Å². The number of ether oxygens (including phenoxy) is 1. The van der Waals surface area contributed by atoms with Crippen molar-refractivity contribution >= 4 is 34.6 Å². The van der Waals surface area contributed by atoms with E-state index in [1.54, 1.807) is 19.4 Å². The quantitative estimate of drug-likeness (QED) is 0.570. The highest BCUT2D eigenvalue weighted by molar-refractivity contribution is 7.80. The Morgan fingerprint density at radius 3 is 3.00 bits per heavy atom. The number of likely N-dealkylation sites (tertiary alicyclic amines) is 1. The third kappa shape index (κ3) is 6.63. The minimum Gasteiger partial charge on any atom is -0.495 e. The van der Waals surface area contributed by atoms with Crippen molar-refractivity contribution in [1.82, 2.24) is 9.80 Å². The monoisotopic (exact) mass is 435 g/mol. The summed E-state index contributed by atoms with van der Waals surface area (Å²) in [6, 6.07) is 9.34. The lowest BCUT2D eigenvalue weighted by Gasteiger charge is -2.32. The largest absolute Gasteiger partial charge is 0.495 e. The van der Waals surface area contributed by atoms with Gasteiger partial charge in [-0.1, -0.05) is 18.5 Å². The number of nitrogens with zero attached hydrogens (tertiary/aromatic N) is 2. The van der Waals surface area contributed by atoms with E-state index < -0.39 is 0 Å². The molecule has 2 heterocycles. The standard InChI is InChI=1S/C22H30ClN3O2S/c1-17-6-3-10-25(15-17)11-5-12-26(16-19-7-4-13-28-19)22(29)24-20-14-18(23)8-9-21(20)27-2/h4,7-9,13-14,17H,3,5-6,10-12,15-16H2,1-2H3,(H,24,29)/t17-/m0/s1. The predicted molar refractivity (Wildman–Crippen MR) is 123 cm³/mol. The minimum atomic E-state index is 0.623. The summed E-state index contributed by atoms with van der Waals surface area (Å²) in [5.74, 6) is 2.39. The molecule has 1 aliphatic heterocycles. The molecular weight excluding hydrogens is 406 g/mol. The van der Waals surface area contributed by atoms with E-state index in [0.717, 1.165) is 36.9 Å². The first-order chi connectivity index (χ1) is 14.0. The van der Waals surface area contributed by atoms with Gasteiger partial charge in [0.15, 0.2) is 5.11 Å². The molecule has 1 aromatic carbocycles. The van der Waals surface area contributed by atoms with Gasteiger partial charge < -0.3 is 24.3 Å². The topological polar surface area (TPSA) is 40.9 Å². The lowest BCUT2D eigenvalue weighted by atomic mass is 10.0. The van der Waals surface area contributed by atoms with Crippen LogP contribution < -0.4 is 10.1 Å². The molecule has 2 aromatic rings. The molecule has 29 heavy (non-hydrogen) atoms. The molecule has 7 heteroatoms. The van der Waals surface area contributed by atoms with Gasteiger partial charge in [0.1, 0.15) is 11.5 Å². The number of halogens is 1. The lowest BCUT2D eigenvalue weighted by Crippen LogP contribution is -2.39. The van der Waals surface area contributed by atoms with Crippen molar-refractivity contribution in [3.63, 3.8) is 0 Å². The Labute approximate surface area is 184 Å². The van der Waals surface area contributed by atoms with Gasteiger partial charge in [-0.25, -0.2) is 0 Å². The summed E-state index contributed by atoms with van der Waals surface area (Å²) in [5, 5.41) is 4.57. The van der Waals surface area contributed by atoms with Gasteiger partial charge in [-0.2, -0.15) is 0 Å². The highest BCUT2D eigenvalue weighted by Crippen LogP contribution is 2.28. The van der Waals surface area contributed by atoms with Crippen LogP contribution in [-0.4, -0.2) is 48.2 Å². The van der Waals surface area contributed by atoms with Crippen molar-refractivity contribution in [2.45, 2.75) is 32.7 Å². The van der Waals surface area contributed by atoms with Crippen molar-refractivity contribution < 1.29 is 9.15 Å². The first-order valence-corrected chi connectivity index (χ1v) is 11.0. The Morgan fingerprint density at radius 2 is 2.28 bits per heavy atom. The summed E-state index contributed by atoms with van der Waals surface area (Å²) in [6.45, 7) is 7.29. The Kier molecular flexibility index (Phi) is 8.21. The van der Waals surface area contributed by atoms with Gasteiger partial charge in [0.05, 0.1) is 25.6 Å². The summed E-state index contributed by atoms with van der Waals surface area (Å²) >= 11 is 11.9. The van der Waals surface area contributed by atoms with Gasteiger partial charge in [0.2, 0.25) is 0 Å². The molecular formula is C22H30ClN3O2S. The summed E-state index contributed by atoms with van der Waals surface area (Å²) in [4.78, 5) is 4.71. The van der Waals surface area contributed by atoms with Crippen LogP contribution >= 0.6 is 23.8 Å². The first-order valence-electron chi connectivity index (χ1n) is 10.2. The highest BCUT2D eigenvalue weighted by Gasteiger charge is 2.18. The molecule has 0 spiro atoms. The van der Waals surface area contributed by atoms with E-state index in [4.69, 9.17) is 33.0 Å². The van der Waals surface area contributed by atoms with Crippen LogP contribution in [-0.2, 0) is 6.54 Å². The molecule has 0 unspecified atom stereocenters. The average molecular weight is 436 g/mol. The van der Waals surface area contributed by atoms with Gasteiger partial charge in [0, 0.05) is 18.1 Å². The Balaban J connectivity index is 1.63.